The predicted octanol–water partition coefficient (Wildman–Crippen LogP) is 3.29. The lowest BCUT2D eigenvalue weighted by Gasteiger charge is -2.25. The van der Waals surface area contributed by atoms with E-state index in [0.717, 1.165) is 11.1 Å². The number of carbonyl (C=O) groups is 1. The van der Waals surface area contributed by atoms with Crippen molar-refractivity contribution >= 4 is 11.6 Å². The molecular formula is C18H29N5O3. The molecule has 144 valence electrons. The smallest absolute Gasteiger partial charge is 0.250 e. The Bertz CT molecular complexity index is 636. The molecule has 0 heterocycles. The van der Waals surface area contributed by atoms with Gasteiger partial charge in [-0.05, 0) is 34.2 Å². The molecule has 0 saturated carbocycles. The fraction of sp³-hybridized carbons (Fsp3) is 0.611. The lowest BCUT2D eigenvalue weighted by atomic mass is 9.82. The molecule has 1 aromatic carbocycles. The van der Waals surface area contributed by atoms with E-state index in [1.54, 1.807) is 6.07 Å². The molecule has 0 aliphatic carbocycles. The van der Waals surface area contributed by atoms with E-state index in [-0.39, 0.29) is 24.0 Å². The van der Waals surface area contributed by atoms with Crippen LogP contribution in [0.5, 0.6) is 0 Å². The van der Waals surface area contributed by atoms with Crippen molar-refractivity contribution in [3.8, 4) is 0 Å². The summed E-state index contributed by atoms with van der Waals surface area (Å²) in [6.45, 7) is 9.71. The first kappa shape index (κ1) is 21.9. The molecule has 0 spiro atoms. The Morgan fingerprint density at radius 3 is 2.62 bits per heavy atom. The summed E-state index contributed by atoms with van der Waals surface area (Å²) in [5.41, 5.74) is 16.5. The molecule has 0 fully saturated rings. The molecule has 0 aromatic heterocycles. The number of carbonyl (C=O) groups excluding carboxylic acids is 1. The number of nitrogens with one attached hydrogen (secondary N) is 1. The Labute approximate surface area is 154 Å². The van der Waals surface area contributed by atoms with E-state index in [9.17, 15) is 4.79 Å². The molecule has 0 bridgehead atoms. The van der Waals surface area contributed by atoms with Crippen molar-refractivity contribution in [3.63, 3.8) is 0 Å². The van der Waals surface area contributed by atoms with Gasteiger partial charge >= 0.3 is 0 Å². The highest BCUT2D eigenvalue weighted by atomic mass is 16.5. The first-order valence-electron chi connectivity index (χ1n) is 8.63. The van der Waals surface area contributed by atoms with Gasteiger partial charge in [0.1, 0.15) is 6.61 Å². The van der Waals surface area contributed by atoms with Gasteiger partial charge in [0.2, 0.25) is 5.91 Å². The van der Waals surface area contributed by atoms with Crippen LogP contribution in [0.4, 0.5) is 5.69 Å². The number of hydrogen-bond donors (Lipinski definition) is 2. The summed E-state index contributed by atoms with van der Waals surface area (Å²) < 4.78 is 10.4. The van der Waals surface area contributed by atoms with Crippen LogP contribution in [-0.4, -0.2) is 38.9 Å². The first-order valence-corrected chi connectivity index (χ1v) is 8.63. The Morgan fingerprint density at radius 2 is 2.00 bits per heavy atom. The fourth-order valence-corrected chi connectivity index (χ4v) is 2.45. The van der Waals surface area contributed by atoms with Gasteiger partial charge in [0.05, 0.1) is 25.9 Å². The lowest BCUT2D eigenvalue weighted by molar-refractivity contribution is -0.121. The normalized spacial score (nSPS) is 12.3. The van der Waals surface area contributed by atoms with Crippen LogP contribution in [0.25, 0.3) is 10.4 Å². The van der Waals surface area contributed by atoms with Crippen molar-refractivity contribution in [1.29, 1.82) is 0 Å². The van der Waals surface area contributed by atoms with Gasteiger partial charge in [0.25, 0.3) is 0 Å². The second kappa shape index (κ2) is 10.8. The van der Waals surface area contributed by atoms with Crippen molar-refractivity contribution < 1.29 is 14.3 Å². The van der Waals surface area contributed by atoms with Crippen molar-refractivity contribution in [3.05, 3.63) is 39.8 Å². The number of hydrogen-bond acceptors (Lipinski definition) is 5. The van der Waals surface area contributed by atoms with Gasteiger partial charge in [-0.15, -0.1) is 0 Å². The summed E-state index contributed by atoms with van der Waals surface area (Å²) >= 11 is 0. The largest absolute Gasteiger partial charge is 0.378 e. The minimum absolute atomic E-state index is 0.0479. The molecule has 0 radical (unpaired) electrons. The molecule has 1 amide bonds. The molecule has 1 aromatic rings. The average Bonchev–Trinajstić information content (AvgIpc) is 2.57. The standard InChI is InChI=1S/C18H29N5O3/c1-13(22-23-20)15-6-5-14(11-16(15)18(2,3)4)21-17(24)12-26-10-9-25-8-7-19/h5-6,11,13H,7-10,12,19H2,1-4H3,(H,21,24). The molecule has 0 saturated heterocycles. The molecule has 1 unspecified atom stereocenters. The molecule has 26 heavy (non-hydrogen) atoms. The molecule has 8 heteroatoms. The molecule has 1 rings (SSSR count). The Kier molecular flexibility index (Phi) is 9.09. The SMILES string of the molecule is CC(N=[N+]=[N-])c1ccc(NC(=O)COCCOCCN)cc1C(C)(C)C. The van der Waals surface area contributed by atoms with E-state index < -0.39 is 0 Å². The predicted molar refractivity (Wildman–Crippen MR) is 102 cm³/mol. The van der Waals surface area contributed by atoms with Crippen LogP contribution < -0.4 is 11.1 Å². The highest BCUT2D eigenvalue weighted by molar-refractivity contribution is 5.91. The quantitative estimate of drug-likeness (QED) is 0.286. The highest BCUT2D eigenvalue weighted by Crippen LogP contribution is 2.33. The van der Waals surface area contributed by atoms with Crippen LogP contribution in [0.3, 0.4) is 0 Å². The van der Waals surface area contributed by atoms with Gasteiger partial charge in [-0.25, -0.2) is 0 Å². The maximum atomic E-state index is 12.0. The third-order valence-corrected chi connectivity index (χ3v) is 3.69. The van der Waals surface area contributed by atoms with E-state index in [2.05, 4.69) is 36.1 Å². The minimum atomic E-state index is -0.282. The maximum absolute atomic E-state index is 12.0. The molecule has 8 nitrogen and oxygen atoms in total. The zero-order chi connectivity index (χ0) is 19.6. The number of nitrogens with two attached hydrogens (primary N) is 1. The van der Waals surface area contributed by atoms with Crippen LogP contribution in [0.2, 0.25) is 0 Å². The maximum Gasteiger partial charge on any atom is 0.250 e. The number of azide groups is 1. The van der Waals surface area contributed by atoms with Crippen molar-refractivity contribution in [2.24, 2.45) is 10.8 Å². The Hall–Kier alpha value is -2.12. The third kappa shape index (κ3) is 7.41. The van der Waals surface area contributed by atoms with Gasteiger partial charge in [-0.1, -0.05) is 38.9 Å². The summed E-state index contributed by atoms with van der Waals surface area (Å²) in [4.78, 5) is 14.9. The lowest BCUT2D eigenvalue weighted by Crippen LogP contribution is -2.21. The monoisotopic (exact) mass is 363 g/mol. The average molecular weight is 363 g/mol. The van der Waals surface area contributed by atoms with Crippen LogP contribution in [0.15, 0.2) is 23.3 Å². The molecule has 0 aliphatic rings. The Balaban J connectivity index is 2.73. The van der Waals surface area contributed by atoms with Crippen molar-refractivity contribution in [2.45, 2.75) is 39.2 Å². The number of anilines is 1. The molecule has 3 N–H and O–H groups in total. The fourth-order valence-electron chi connectivity index (χ4n) is 2.45. The van der Waals surface area contributed by atoms with Gasteiger partial charge in [-0.3, -0.25) is 4.79 Å². The summed E-state index contributed by atoms with van der Waals surface area (Å²) in [6, 6.07) is 5.32. The topological polar surface area (TPSA) is 122 Å². The zero-order valence-electron chi connectivity index (χ0n) is 16.0. The molecular weight excluding hydrogens is 334 g/mol. The molecule has 1 atom stereocenters. The second-order valence-electron chi connectivity index (χ2n) is 6.93. The van der Waals surface area contributed by atoms with Crippen LogP contribution >= 0.6 is 0 Å². The highest BCUT2D eigenvalue weighted by Gasteiger charge is 2.21. The van der Waals surface area contributed by atoms with Gasteiger partial charge in [0.15, 0.2) is 0 Å². The number of nitrogens with zero attached hydrogens (tertiary/aromatic N) is 3. The zero-order valence-corrected chi connectivity index (χ0v) is 16.0. The van der Waals surface area contributed by atoms with Crippen molar-refractivity contribution in [2.75, 3.05) is 38.3 Å². The first-order chi connectivity index (χ1) is 12.3. The van der Waals surface area contributed by atoms with Gasteiger partial charge in [-0.2, -0.15) is 0 Å². The Morgan fingerprint density at radius 1 is 1.31 bits per heavy atom. The van der Waals surface area contributed by atoms with E-state index in [1.807, 2.05) is 19.1 Å². The minimum Gasteiger partial charge on any atom is -0.378 e. The summed E-state index contributed by atoms with van der Waals surface area (Å²) in [7, 11) is 0. The third-order valence-electron chi connectivity index (χ3n) is 3.69. The van der Waals surface area contributed by atoms with E-state index in [4.69, 9.17) is 20.7 Å². The summed E-state index contributed by atoms with van der Waals surface area (Å²) in [5, 5.41) is 6.61. The summed E-state index contributed by atoms with van der Waals surface area (Å²) in [5.74, 6) is -0.237. The van der Waals surface area contributed by atoms with E-state index in [1.165, 1.54) is 0 Å². The van der Waals surface area contributed by atoms with E-state index in [0.29, 0.717) is 32.1 Å². The summed E-state index contributed by atoms with van der Waals surface area (Å²) in [6.07, 6.45) is 0. The van der Waals surface area contributed by atoms with Gasteiger partial charge in [0, 0.05) is 17.1 Å². The number of rotatable bonds is 10. The number of ether oxygens (including phenoxy) is 2. The number of amides is 1. The van der Waals surface area contributed by atoms with Crippen LogP contribution in [0.1, 0.15) is 44.9 Å². The molecule has 0 aliphatic heterocycles. The second-order valence-corrected chi connectivity index (χ2v) is 6.93. The van der Waals surface area contributed by atoms with Crippen LogP contribution in [-0.2, 0) is 19.7 Å². The van der Waals surface area contributed by atoms with Gasteiger partial charge < -0.3 is 20.5 Å². The van der Waals surface area contributed by atoms with E-state index >= 15 is 0 Å². The van der Waals surface area contributed by atoms with Crippen LogP contribution in [0, 0.1) is 0 Å². The van der Waals surface area contributed by atoms with Crippen molar-refractivity contribution in [1.82, 2.24) is 0 Å². The number of benzene rings is 1.